The molecule has 6 nitrogen and oxygen atoms in total. The maximum Gasteiger partial charge on any atom is 0.300 e. The number of hydrogen-bond acceptors (Lipinski definition) is 5. The van der Waals surface area contributed by atoms with E-state index in [4.69, 9.17) is 15.3 Å². The van der Waals surface area contributed by atoms with E-state index in [2.05, 4.69) is 0 Å². The standard InChI is InChI=1S/C11H14N2O4/c1-16-9-3-8(4-10(5-9)17-2)6-13(12)11(15)7-14/h3-5,7H,6,12H2,1-2H3. The van der Waals surface area contributed by atoms with Crippen LogP contribution in [-0.2, 0) is 16.1 Å². The molecule has 0 heterocycles. The quantitative estimate of drug-likeness (QED) is 0.259. The molecule has 0 bridgehead atoms. The summed E-state index contributed by atoms with van der Waals surface area (Å²) in [5, 5.41) is 0.821. The molecule has 17 heavy (non-hydrogen) atoms. The van der Waals surface area contributed by atoms with Gasteiger partial charge in [-0.15, -0.1) is 0 Å². The number of ether oxygens (including phenoxy) is 2. The molecule has 0 aliphatic carbocycles. The molecule has 92 valence electrons. The molecule has 0 radical (unpaired) electrons. The molecule has 6 heteroatoms. The molecule has 1 aromatic carbocycles. The monoisotopic (exact) mass is 238 g/mol. The topological polar surface area (TPSA) is 81.9 Å². The average molecular weight is 238 g/mol. The Kier molecular flexibility index (Phi) is 4.47. The highest BCUT2D eigenvalue weighted by molar-refractivity contribution is 6.23. The van der Waals surface area contributed by atoms with Crippen LogP contribution in [0.3, 0.4) is 0 Å². The third-order valence-electron chi connectivity index (χ3n) is 2.15. The number of rotatable bonds is 5. The summed E-state index contributed by atoms with van der Waals surface area (Å²) in [6.07, 6.45) is 0.164. The molecule has 2 N–H and O–H groups in total. The normalized spacial score (nSPS) is 9.59. The molecule has 1 aromatic rings. The summed E-state index contributed by atoms with van der Waals surface area (Å²) in [6.45, 7) is 0.102. The lowest BCUT2D eigenvalue weighted by atomic mass is 10.2. The predicted molar refractivity (Wildman–Crippen MR) is 60.3 cm³/mol. The summed E-state index contributed by atoms with van der Waals surface area (Å²) < 4.78 is 10.1. The van der Waals surface area contributed by atoms with Crippen molar-refractivity contribution in [2.75, 3.05) is 14.2 Å². The number of nitrogens with zero attached hydrogens (tertiary/aromatic N) is 1. The number of carbonyl (C=O) groups is 2. The van der Waals surface area contributed by atoms with Crippen LogP contribution in [0.5, 0.6) is 11.5 Å². The molecule has 0 spiro atoms. The Morgan fingerprint density at radius 2 is 1.82 bits per heavy atom. The maximum atomic E-state index is 11.0. The molecular weight excluding hydrogens is 224 g/mol. The Hall–Kier alpha value is -2.08. The van der Waals surface area contributed by atoms with E-state index in [-0.39, 0.29) is 12.8 Å². The lowest BCUT2D eigenvalue weighted by Crippen LogP contribution is -2.37. The number of aldehydes is 1. The van der Waals surface area contributed by atoms with Gasteiger partial charge in [0.25, 0.3) is 0 Å². The highest BCUT2D eigenvalue weighted by atomic mass is 16.5. The molecule has 0 saturated heterocycles. The zero-order chi connectivity index (χ0) is 12.8. The molecule has 1 amide bonds. The molecule has 0 saturated carbocycles. The van der Waals surface area contributed by atoms with E-state index in [0.29, 0.717) is 17.1 Å². The van der Waals surface area contributed by atoms with E-state index >= 15 is 0 Å². The zero-order valence-electron chi connectivity index (χ0n) is 9.67. The van der Waals surface area contributed by atoms with Crippen LogP contribution in [0.2, 0.25) is 0 Å². The maximum absolute atomic E-state index is 11.0. The second-order valence-corrected chi connectivity index (χ2v) is 3.30. The van der Waals surface area contributed by atoms with Crippen molar-refractivity contribution >= 4 is 12.2 Å². The van der Waals surface area contributed by atoms with Crippen LogP contribution < -0.4 is 15.3 Å². The molecule has 0 aliphatic heterocycles. The smallest absolute Gasteiger partial charge is 0.300 e. The van der Waals surface area contributed by atoms with Gasteiger partial charge in [-0.2, -0.15) is 0 Å². The van der Waals surface area contributed by atoms with E-state index < -0.39 is 5.91 Å². The second kappa shape index (κ2) is 5.86. The van der Waals surface area contributed by atoms with Crippen molar-refractivity contribution in [3.8, 4) is 11.5 Å². The number of amides is 1. The van der Waals surface area contributed by atoms with E-state index in [1.54, 1.807) is 18.2 Å². The first-order valence-electron chi connectivity index (χ1n) is 4.84. The number of methoxy groups -OCH3 is 2. The number of nitrogens with two attached hydrogens (primary N) is 1. The van der Waals surface area contributed by atoms with E-state index in [0.717, 1.165) is 5.01 Å². The summed E-state index contributed by atoms with van der Waals surface area (Å²) in [6, 6.07) is 5.12. The highest BCUT2D eigenvalue weighted by Crippen LogP contribution is 2.22. The first-order chi connectivity index (χ1) is 8.10. The van der Waals surface area contributed by atoms with Crippen LogP contribution in [0.1, 0.15) is 5.56 Å². The van der Waals surface area contributed by atoms with Gasteiger partial charge in [0.1, 0.15) is 11.5 Å². The van der Waals surface area contributed by atoms with Crippen molar-refractivity contribution in [1.82, 2.24) is 5.01 Å². The molecule has 0 fully saturated rings. The van der Waals surface area contributed by atoms with Crippen molar-refractivity contribution in [2.24, 2.45) is 5.84 Å². The van der Waals surface area contributed by atoms with Crippen LogP contribution in [0.15, 0.2) is 18.2 Å². The van der Waals surface area contributed by atoms with E-state index in [1.165, 1.54) is 14.2 Å². The van der Waals surface area contributed by atoms with Gasteiger partial charge >= 0.3 is 5.91 Å². The summed E-state index contributed by atoms with van der Waals surface area (Å²) in [4.78, 5) is 21.3. The van der Waals surface area contributed by atoms with Gasteiger partial charge in [0.2, 0.25) is 6.29 Å². The molecule has 0 atom stereocenters. The summed E-state index contributed by atoms with van der Waals surface area (Å²) >= 11 is 0. The van der Waals surface area contributed by atoms with E-state index in [1.807, 2.05) is 0 Å². The van der Waals surface area contributed by atoms with Crippen molar-refractivity contribution in [3.63, 3.8) is 0 Å². The minimum absolute atomic E-state index is 0.102. The lowest BCUT2D eigenvalue weighted by molar-refractivity contribution is -0.139. The Labute approximate surface area is 98.9 Å². The molecule has 0 aliphatic rings. The number of hydrogen-bond donors (Lipinski definition) is 1. The fourth-order valence-corrected chi connectivity index (χ4v) is 1.30. The zero-order valence-corrected chi connectivity index (χ0v) is 9.67. The van der Waals surface area contributed by atoms with Gasteiger partial charge in [0.15, 0.2) is 0 Å². The minimum atomic E-state index is -0.785. The van der Waals surface area contributed by atoms with Gasteiger partial charge in [0.05, 0.1) is 20.8 Å². The first kappa shape index (κ1) is 13.0. The number of benzene rings is 1. The Morgan fingerprint density at radius 3 is 2.24 bits per heavy atom. The molecule has 1 rings (SSSR count). The fourth-order valence-electron chi connectivity index (χ4n) is 1.30. The predicted octanol–water partition coefficient (Wildman–Crippen LogP) is 0.105. The lowest BCUT2D eigenvalue weighted by Gasteiger charge is -2.14. The molecular formula is C11H14N2O4. The highest BCUT2D eigenvalue weighted by Gasteiger charge is 2.10. The van der Waals surface area contributed by atoms with Crippen LogP contribution in [0, 0.1) is 0 Å². The van der Waals surface area contributed by atoms with Crippen LogP contribution in [0.25, 0.3) is 0 Å². The van der Waals surface area contributed by atoms with Crippen molar-refractivity contribution in [1.29, 1.82) is 0 Å². The van der Waals surface area contributed by atoms with Crippen molar-refractivity contribution < 1.29 is 19.1 Å². The van der Waals surface area contributed by atoms with Gasteiger partial charge in [-0.1, -0.05) is 0 Å². The van der Waals surface area contributed by atoms with Gasteiger partial charge in [-0.05, 0) is 17.7 Å². The van der Waals surface area contributed by atoms with Crippen molar-refractivity contribution in [2.45, 2.75) is 6.54 Å². The Balaban J connectivity index is 2.89. The largest absolute Gasteiger partial charge is 0.497 e. The SMILES string of the molecule is COc1cc(CN(N)C(=O)C=O)cc(OC)c1. The fraction of sp³-hybridized carbons (Fsp3) is 0.273. The van der Waals surface area contributed by atoms with Gasteiger partial charge in [-0.3, -0.25) is 14.6 Å². The van der Waals surface area contributed by atoms with Crippen LogP contribution in [-0.4, -0.2) is 31.4 Å². The average Bonchev–Trinajstić information content (AvgIpc) is 2.36. The second-order valence-electron chi connectivity index (χ2n) is 3.30. The third kappa shape index (κ3) is 3.46. The van der Waals surface area contributed by atoms with Crippen LogP contribution in [0.4, 0.5) is 0 Å². The van der Waals surface area contributed by atoms with Gasteiger partial charge in [-0.25, -0.2) is 5.84 Å². The number of carbonyl (C=O) groups excluding carboxylic acids is 2. The van der Waals surface area contributed by atoms with Crippen LogP contribution >= 0.6 is 0 Å². The van der Waals surface area contributed by atoms with Gasteiger partial charge in [0, 0.05) is 6.07 Å². The molecule has 0 unspecified atom stereocenters. The minimum Gasteiger partial charge on any atom is -0.497 e. The van der Waals surface area contributed by atoms with Crippen molar-refractivity contribution in [3.05, 3.63) is 23.8 Å². The summed E-state index contributed by atoms with van der Waals surface area (Å²) in [5.41, 5.74) is 0.707. The van der Waals surface area contributed by atoms with Gasteiger partial charge < -0.3 is 9.47 Å². The first-order valence-corrected chi connectivity index (χ1v) is 4.84. The number of hydrazine groups is 1. The summed E-state index contributed by atoms with van der Waals surface area (Å²) in [7, 11) is 3.05. The Morgan fingerprint density at radius 1 is 1.29 bits per heavy atom. The summed E-state index contributed by atoms with van der Waals surface area (Å²) in [5.74, 6) is 5.81. The Bertz CT molecular complexity index is 398. The van der Waals surface area contributed by atoms with E-state index in [9.17, 15) is 9.59 Å². The third-order valence-corrected chi connectivity index (χ3v) is 2.15. The molecule has 0 aromatic heterocycles.